The Labute approximate surface area is 186 Å². The zero-order valence-corrected chi connectivity index (χ0v) is 19.7. The van der Waals surface area contributed by atoms with Crippen LogP contribution in [0.3, 0.4) is 0 Å². The molecule has 0 aliphatic carbocycles. The number of nitrogens with one attached hydrogen (secondary N) is 1. The molecule has 0 radical (unpaired) electrons. The van der Waals surface area contributed by atoms with E-state index in [4.69, 9.17) is 4.74 Å². The first-order chi connectivity index (χ1) is 14.7. The highest BCUT2D eigenvalue weighted by Crippen LogP contribution is 2.31. The van der Waals surface area contributed by atoms with Crippen LogP contribution in [0.2, 0.25) is 0 Å². The minimum Gasteiger partial charge on any atom is -0.483 e. The van der Waals surface area contributed by atoms with Crippen LogP contribution >= 0.6 is 0 Å². The molecule has 5 nitrogen and oxygen atoms in total. The van der Waals surface area contributed by atoms with E-state index in [1.807, 2.05) is 69.3 Å². The lowest BCUT2D eigenvalue weighted by molar-refractivity contribution is -0.142. The van der Waals surface area contributed by atoms with Gasteiger partial charge in [-0.1, -0.05) is 75.7 Å². The van der Waals surface area contributed by atoms with E-state index in [1.165, 1.54) is 0 Å². The van der Waals surface area contributed by atoms with E-state index in [2.05, 4.69) is 26.1 Å². The summed E-state index contributed by atoms with van der Waals surface area (Å²) in [5.41, 5.74) is 3.05. The van der Waals surface area contributed by atoms with E-state index < -0.39 is 6.04 Å². The van der Waals surface area contributed by atoms with E-state index in [-0.39, 0.29) is 23.8 Å². The Hall–Kier alpha value is -2.82. The summed E-state index contributed by atoms with van der Waals surface area (Å²) in [7, 11) is 0. The summed E-state index contributed by atoms with van der Waals surface area (Å²) >= 11 is 0. The molecule has 2 amide bonds. The fraction of sp³-hybridized carbons (Fsp3) is 0.462. The first-order valence-electron chi connectivity index (χ1n) is 11.0. The second-order valence-corrected chi connectivity index (χ2v) is 8.86. The second kappa shape index (κ2) is 11.0. The van der Waals surface area contributed by atoms with Gasteiger partial charge in [0.15, 0.2) is 6.61 Å². The minimum atomic E-state index is -0.547. The van der Waals surface area contributed by atoms with Crippen molar-refractivity contribution in [1.29, 1.82) is 0 Å². The van der Waals surface area contributed by atoms with E-state index in [9.17, 15) is 9.59 Å². The van der Waals surface area contributed by atoms with Crippen LogP contribution in [0.4, 0.5) is 0 Å². The Bertz CT molecular complexity index is 886. The fourth-order valence-corrected chi connectivity index (χ4v) is 3.65. The molecule has 1 atom stereocenters. The van der Waals surface area contributed by atoms with Crippen LogP contribution in [0.15, 0.2) is 48.5 Å². The van der Waals surface area contributed by atoms with E-state index >= 15 is 0 Å². The molecule has 0 aliphatic rings. The van der Waals surface area contributed by atoms with Crippen LogP contribution in [-0.2, 0) is 21.5 Å². The van der Waals surface area contributed by atoms with Gasteiger partial charge in [0.05, 0.1) is 0 Å². The number of rotatable bonds is 9. The van der Waals surface area contributed by atoms with Crippen molar-refractivity contribution in [2.24, 2.45) is 0 Å². The molecule has 0 spiro atoms. The molecule has 0 unspecified atom stereocenters. The molecule has 5 heteroatoms. The smallest absolute Gasteiger partial charge is 0.261 e. The minimum absolute atomic E-state index is 0.103. The van der Waals surface area contributed by atoms with Crippen LogP contribution in [0.1, 0.15) is 57.7 Å². The van der Waals surface area contributed by atoms with E-state index in [1.54, 1.807) is 4.90 Å². The molecular formula is C26H36N2O3. The number of hydrogen-bond acceptors (Lipinski definition) is 3. The number of carbonyl (C=O) groups excluding carboxylic acids is 2. The molecule has 0 saturated carbocycles. The van der Waals surface area contributed by atoms with Gasteiger partial charge in [-0.15, -0.1) is 0 Å². The molecule has 1 N–H and O–H groups in total. The lowest BCUT2D eigenvalue weighted by atomic mass is 9.86. The normalized spacial score (nSPS) is 12.2. The third-order valence-electron chi connectivity index (χ3n) is 5.22. The summed E-state index contributed by atoms with van der Waals surface area (Å²) in [5.74, 6) is 0.356. The average Bonchev–Trinajstić information content (AvgIpc) is 2.71. The number of para-hydroxylation sites is 1. The summed E-state index contributed by atoms with van der Waals surface area (Å²) in [6.07, 6.45) is 0.530. The van der Waals surface area contributed by atoms with Gasteiger partial charge in [-0.2, -0.15) is 0 Å². The first kappa shape index (κ1) is 24.4. The quantitative estimate of drug-likeness (QED) is 0.639. The lowest BCUT2D eigenvalue weighted by Crippen LogP contribution is -2.50. The zero-order chi connectivity index (χ0) is 23.0. The number of amides is 2. The summed E-state index contributed by atoms with van der Waals surface area (Å²) in [4.78, 5) is 27.6. The van der Waals surface area contributed by atoms with Crippen LogP contribution in [-0.4, -0.2) is 35.9 Å². The van der Waals surface area contributed by atoms with Crippen LogP contribution in [0.5, 0.6) is 5.75 Å². The Morgan fingerprint density at radius 3 is 2.39 bits per heavy atom. The first-order valence-corrected chi connectivity index (χ1v) is 11.0. The Balaban J connectivity index is 2.26. The van der Waals surface area contributed by atoms with Gasteiger partial charge in [-0.05, 0) is 42.9 Å². The molecule has 0 aromatic heterocycles. The highest BCUT2D eigenvalue weighted by molar-refractivity contribution is 5.88. The predicted molar refractivity (Wildman–Crippen MR) is 125 cm³/mol. The predicted octanol–water partition coefficient (Wildman–Crippen LogP) is 4.61. The largest absolute Gasteiger partial charge is 0.483 e. The number of carbonyl (C=O) groups is 2. The standard InChI is InChI=1S/C26H36N2O3/c1-7-22(25(30)27-8-2)28(17-20-13-11-12-19(3)16-20)24(29)18-31-23-15-10-9-14-21(23)26(4,5)6/h9-16,22H,7-8,17-18H2,1-6H3,(H,27,30)/t22-/m0/s1. The highest BCUT2D eigenvalue weighted by atomic mass is 16.5. The summed E-state index contributed by atoms with van der Waals surface area (Å²) < 4.78 is 5.98. The van der Waals surface area contributed by atoms with Gasteiger partial charge in [0.25, 0.3) is 5.91 Å². The van der Waals surface area contributed by atoms with Gasteiger partial charge < -0.3 is 15.0 Å². The molecule has 2 rings (SSSR count). The van der Waals surface area contributed by atoms with Crippen molar-refractivity contribution in [2.75, 3.05) is 13.2 Å². The number of nitrogens with zero attached hydrogens (tertiary/aromatic N) is 1. The zero-order valence-electron chi connectivity index (χ0n) is 19.7. The summed E-state index contributed by atoms with van der Waals surface area (Å²) in [5, 5.41) is 2.86. The summed E-state index contributed by atoms with van der Waals surface area (Å²) in [6, 6.07) is 15.3. The van der Waals surface area contributed by atoms with Crippen LogP contribution < -0.4 is 10.1 Å². The molecule has 0 saturated heterocycles. The third kappa shape index (κ3) is 6.84. The lowest BCUT2D eigenvalue weighted by Gasteiger charge is -2.31. The van der Waals surface area contributed by atoms with E-state index in [0.29, 0.717) is 25.3 Å². The SMILES string of the molecule is CCNC(=O)[C@H](CC)N(Cc1cccc(C)c1)C(=O)COc1ccccc1C(C)(C)C. The Kier molecular flexibility index (Phi) is 8.66. The molecule has 0 aliphatic heterocycles. The average molecular weight is 425 g/mol. The van der Waals surface area contributed by atoms with Gasteiger partial charge in [-0.25, -0.2) is 0 Å². The van der Waals surface area contributed by atoms with Crippen LogP contribution in [0, 0.1) is 6.92 Å². The van der Waals surface area contributed by atoms with Crippen molar-refractivity contribution >= 4 is 11.8 Å². The number of hydrogen-bond donors (Lipinski definition) is 1. The van der Waals surface area contributed by atoms with Gasteiger partial charge in [-0.3, -0.25) is 9.59 Å². The molecule has 0 fully saturated rings. The number of likely N-dealkylation sites (N-methyl/N-ethyl adjacent to an activating group) is 1. The number of benzene rings is 2. The second-order valence-electron chi connectivity index (χ2n) is 8.86. The molecule has 2 aromatic rings. The van der Waals surface area contributed by atoms with Crippen molar-refractivity contribution in [2.45, 2.75) is 66.0 Å². The van der Waals surface area contributed by atoms with Crippen molar-refractivity contribution in [3.63, 3.8) is 0 Å². The fourth-order valence-electron chi connectivity index (χ4n) is 3.65. The Morgan fingerprint density at radius 2 is 1.77 bits per heavy atom. The van der Waals surface area contributed by atoms with Gasteiger partial charge >= 0.3 is 0 Å². The maximum atomic E-state index is 13.3. The van der Waals surface area contributed by atoms with Crippen molar-refractivity contribution in [1.82, 2.24) is 10.2 Å². The molecule has 2 aromatic carbocycles. The molecule has 31 heavy (non-hydrogen) atoms. The number of ether oxygens (including phenoxy) is 1. The molecule has 0 heterocycles. The topological polar surface area (TPSA) is 58.6 Å². The molecule has 0 bridgehead atoms. The molecule has 168 valence electrons. The van der Waals surface area contributed by atoms with Crippen LogP contribution in [0.25, 0.3) is 0 Å². The highest BCUT2D eigenvalue weighted by Gasteiger charge is 2.29. The van der Waals surface area contributed by atoms with Crippen molar-refractivity contribution in [3.05, 3.63) is 65.2 Å². The summed E-state index contributed by atoms with van der Waals surface area (Å²) in [6.45, 7) is 12.9. The monoisotopic (exact) mass is 424 g/mol. The van der Waals surface area contributed by atoms with Gasteiger partial charge in [0.2, 0.25) is 5.91 Å². The van der Waals surface area contributed by atoms with Crippen molar-refractivity contribution < 1.29 is 14.3 Å². The van der Waals surface area contributed by atoms with E-state index in [0.717, 1.165) is 16.7 Å². The van der Waals surface area contributed by atoms with Gasteiger partial charge in [0.1, 0.15) is 11.8 Å². The third-order valence-corrected chi connectivity index (χ3v) is 5.22. The molecular weight excluding hydrogens is 388 g/mol. The van der Waals surface area contributed by atoms with Crippen molar-refractivity contribution in [3.8, 4) is 5.75 Å². The maximum Gasteiger partial charge on any atom is 0.261 e. The number of aryl methyl sites for hydroxylation is 1. The Morgan fingerprint density at radius 1 is 1.06 bits per heavy atom. The maximum absolute atomic E-state index is 13.3. The van der Waals surface area contributed by atoms with Gasteiger partial charge in [0, 0.05) is 13.1 Å².